The lowest BCUT2D eigenvalue weighted by Crippen LogP contribution is -2.40. The zero-order valence-corrected chi connectivity index (χ0v) is 12.7. The minimum atomic E-state index is 0. The van der Waals surface area contributed by atoms with Crippen LogP contribution in [0.1, 0.15) is 46.5 Å². The molecule has 4 heteroatoms. The van der Waals surface area contributed by atoms with Crippen LogP contribution in [0.2, 0.25) is 0 Å². The number of likely N-dealkylation sites (tertiary alicyclic amines) is 1. The molecule has 3 nitrogen and oxygen atoms in total. The highest BCUT2D eigenvalue weighted by molar-refractivity contribution is 5.85. The van der Waals surface area contributed by atoms with E-state index in [1.165, 1.54) is 18.4 Å². The summed E-state index contributed by atoms with van der Waals surface area (Å²) < 4.78 is 0. The molecule has 106 valence electrons. The topological polar surface area (TPSA) is 32.3 Å². The zero-order valence-electron chi connectivity index (χ0n) is 11.9. The monoisotopic (exact) mass is 274 g/mol. The molecule has 0 bridgehead atoms. The van der Waals surface area contributed by atoms with Crippen LogP contribution in [-0.2, 0) is 4.79 Å². The molecule has 1 heterocycles. The molecule has 1 N–H and O–H groups in total. The van der Waals surface area contributed by atoms with E-state index >= 15 is 0 Å². The summed E-state index contributed by atoms with van der Waals surface area (Å²) in [5.74, 6) is 0.177. The number of rotatable bonds is 6. The average Bonchev–Trinajstić information content (AvgIpc) is 2.69. The third-order valence-corrected chi connectivity index (χ3v) is 3.13. The van der Waals surface area contributed by atoms with Crippen LogP contribution in [0.5, 0.6) is 0 Å². The lowest BCUT2D eigenvalue weighted by atomic mass is 10.1. The molecule has 0 aliphatic carbocycles. The standard InChI is InChI=1S/C14H26N2O.ClH/c1-12(2)7-6-8-13(3)15-14(17)11-16-9-4-5-10-16;/h7,13H,4-6,8-11H2,1-3H3,(H,15,17);1H. The molecular formula is C14H27ClN2O. The number of nitrogens with one attached hydrogen (secondary N) is 1. The molecular weight excluding hydrogens is 248 g/mol. The molecule has 18 heavy (non-hydrogen) atoms. The van der Waals surface area contributed by atoms with E-state index in [0.717, 1.165) is 25.9 Å². The third kappa shape index (κ3) is 7.72. The van der Waals surface area contributed by atoms with Crippen molar-refractivity contribution in [1.29, 1.82) is 0 Å². The van der Waals surface area contributed by atoms with Crippen molar-refractivity contribution in [1.82, 2.24) is 10.2 Å². The minimum absolute atomic E-state index is 0. The quantitative estimate of drug-likeness (QED) is 0.756. The maximum absolute atomic E-state index is 11.7. The van der Waals surface area contributed by atoms with E-state index in [1.54, 1.807) is 0 Å². The Bertz CT molecular complexity index is 269. The Kier molecular flexibility index (Phi) is 9.12. The predicted octanol–water partition coefficient (Wildman–Crippen LogP) is 2.76. The normalized spacial score (nSPS) is 16.8. The molecule has 1 rings (SSSR count). The second-order valence-electron chi connectivity index (χ2n) is 5.31. The van der Waals surface area contributed by atoms with Crippen molar-refractivity contribution < 1.29 is 4.79 Å². The first-order valence-electron chi connectivity index (χ1n) is 6.73. The van der Waals surface area contributed by atoms with Gasteiger partial charge in [-0.05, 0) is 59.5 Å². The summed E-state index contributed by atoms with van der Waals surface area (Å²) in [5, 5.41) is 3.07. The van der Waals surface area contributed by atoms with Crippen molar-refractivity contribution in [3.63, 3.8) is 0 Å². The molecule has 0 aromatic rings. The molecule has 0 saturated carbocycles. The largest absolute Gasteiger partial charge is 0.353 e. The van der Waals surface area contributed by atoms with Gasteiger partial charge in [0, 0.05) is 6.04 Å². The highest BCUT2D eigenvalue weighted by atomic mass is 35.5. The Morgan fingerprint density at radius 3 is 2.50 bits per heavy atom. The first-order chi connectivity index (χ1) is 8.08. The molecule has 0 aromatic heterocycles. The van der Waals surface area contributed by atoms with E-state index in [1.807, 2.05) is 0 Å². The van der Waals surface area contributed by atoms with Gasteiger partial charge < -0.3 is 5.32 Å². The van der Waals surface area contributed by atoms with Crippen LogP contribution in [0.25, 0.3) is 0 Å². The molecule has 1 aliphatic rings. The number of amides is 1. The van der Waals surface area contributed by atoms with Gasteiger partial charge in [-0.1, -0.05) is 11.6 Å². The number of hydrogen-bond acceptors (Lipinski definition) is 2. The minimum Gasteiger partial charge on any atom is -0.353 e. The number of halogens is 1. The van der Waals surface area contributed by atoms with Crippen LogP contribution >= 0.6 is 12.4 Å². The molecule has 1 aliphatic heterocycles. The Morgan fingerprint density at radius 1 is 1.33 bits per heavy atom. The van der Waals surface area contributed by atoms with Gasteiger partial charge in [-0.2, -0.15) is 0 Å². The number of carbonyl (C=O) groups excluding carboxylic acids is 1. The number of carbonyl (C=O) groups is 1. The summed E-state index contributed by atoms with van der Waals surface area (Å²) in [5.41, 5.74) is 1.35. The van der Waals surface area contributed by atoms with Crippen molar-refractivity contribution in [2.45, 2.75) is 52.5 Å². The van der Waals surface area contributed by atoms with Gasteiger partial charge in [0.15, 0.2) is 0 Å². The van der Waals surface area contributed by atoms with Gasteiger partial charge in [0.1, 0.15) is 0 Å². The lowest BCUT2D eigenvalue weighted by molar-refractivity contribution is -0.122. The Labute approximate surface area is 117 Å². The van der Waals surface area contributed by atoms with Crippen LogP contribution < -0.4 is 5.32 Å². The van der Waals surface area contributed by atoms with Crippen molar-refractivity contribution in [2.75, 3.05) is 19.6 Å². The van der Waals surface area contributed by atoms with Gasteiger partial charge in [0.2, 0.25) is 5.91 Å². The predicted molar refractivity (Wildman–Crippen MR) is 79.2 cm³/mol. The second-order valence-corrected chi connectivity index (χ2v) is 5.31. The summed E-state index contributed by atoms with van der Waals surface area (Å²) in [6.07, 6.45) is 6.78. The van der Waals surface area contributed by atoms with Crippen LogP contribution in [0.4, 0.5) is 0 Å². The Morgan fingerprint density at radius 2 is 1.94 bits per heavy atom. The number of allylic oxidation sites excluding steroid dienone is 2. The first kappa shape index (κ1) is 17.5. The molecule has 0 aromatic carbocycles. The summed E-state index contributed by atoms with van der Waals surface area (Å²) in [6.45, 7) is 9.04. The van der Waals surface area contributed by atoms with Gasteiger partial charge in [-0.3, -0.25) is 9.69 Å². The van der Waals surface area contributed by atoms with E-state index in [9.17, 15) is 4.79 Å². The highest BCUT2D eigenvalue weighted by Crippen LogP contribution is 2.06. The fraction of sp³-hybridized carbons (Fsp3) is 0.786. The van der Waals surface area contributed by atoms with Crippen molar-refractivity contribution in [3.05, 3.63) is 11.6 Å². The summed E-state index contributed by atoms with van der Waals surface area (Å²) >= 11 is 0. The van der Waals surface area contributed by atoms with E-state index in [2.05, 4.69) is 37.1 Å². The van der Waals surface area contributed by atoms with E-state index in [-0.39, 0.29) is 24.4 Å². The van der Waals surface area contributed by atoms with Crippen LogP contribution in [0, 0.1) is 0 Å². The van der Waals surface area contributed by atoms with Crippen molar-refractivity contribution >= 4 is 18.3 Å². The van der Waals surface area contributed by atoms with Crippen LogP contribution in [0.3, 0.4) is 0 Å². The SMILES string of the molecule is CC(C)=CCCC(C)NC(=O)CN1CCCC1.Cl. The number of nitrogens with zero attached hydrogens (tertiary/aromatic N) is 1. The van der Waals surface area contributed by atoms with Gasteiger partial charge in [-0.15, -0.1) is 12.4 Å². The Hall–Kier alpha value is -0.540. The lowest BCUT2D eigenvalue weighted by Gasteiger charge is -2.17. The average molecular weight is 275 g/mol. The molecule has 1 amide bonds. The van der Waals surface area contributed by atoms with E-state index in [0.29, 0.717) is 6.54 Å². The summed E-state index contributed by atoms with van der Waals surface area (Å²) in [6, 6.07) is 0.278. The van der Waals surface area contributed by atoms with Gasteiger partial charge in [0.05, 0.1) is 6.54 Å². The van der Waals surface area contributed by atoms with Crippen LogP contribution in [-0.4, -0.2) is 36.5 Å². The van der Waals surface area contributed by atoms with Gasteiger partial charge in [-0.25, -0.2) is 0 Å². The fourth-order valence-corrected chi connectivity index (χ4v) is 2.16. The molecule has 0 radical (unpaired) electrons. The third-order valence-electron chi connectivity index (χ3n) is 3.13. The number of hydrogen-bond donors (Lipinski definition) is 1. The smallest absolute Gasteiger partial charge is 0.234 e. The maximum atomic E-state index is 11.7. The molecule has 1 atom stereocenters. The summed E-state index contributed by atoms with van der Waals surface area (Å²) in [4.78, 5) is 14.0. The van der Waals surface area contributed by atoms with Gasteiger partial charge in [0.25, 0.3) is 0 Å². The molecule has 0 spiro atoms. The van der Waals surface area contributed by atoms with E-state index in [4.69, 9.17) is 0 Å². The van der Waals surface area contributed by atoms with Crippen molar-refractivity contribution in [2.24, 2.45) is 0 Å². The van der Waals surface area contributed by atoms with Gasteiger partial charge >= 0.3 is 0 Å². The molecule has 1 unspecified atom stereocenters. The fourth-order valence-electron chi connectivity index (χ4n) is 2.16. The zero-order chi connectivity index (χ0) is 12.7. The maximum Gasteiger partial charge on any atom is 0.234 e. The molecule has 1 fully saturated rings. The molecule has 1 saturated heterocycles. The Balaban J connectivity index is 0.00000289. The van der Waals surface area contributed by atoms with Crippen LogP contribution in [0.15, 0.2) is 11.6 Å². The summed E-state index contributed by atoms with van der Waals surface area (Å²) in [7, 11) is 0. The first-order valence-corrected chi connectivity index (χ1v) is 6.73. The van der Waals surface area contributed by atoms with E-state index < -0.39 is 0 Å². The highest BCUT2D eigenvalue weighted by Gasteiger charge is 2.15. The second kappa shape index (κ2) is 9.40. The van der Waals surface area contributed by atoms with Crippen molar-refractivity contribution in [3.8, 4) is 0 Å².